The molecule has 1 saturated heterocycles. The maximum atomic E-state index is 12.4. The lowest BCUT2D eigenvalue weighted by Gasteiger charge is -2.41. The number of anilines is 1. The predicted molar refractivity (Wildman–Crippen MR) is 98.7 cm³/mol. The molecule has 1 N–H and O–H groups in total. The van der Waals surface area contributed by atoms with Gasteiger partial charge in [0, 0.05) is 25.6 Å². The predicted octanol–water partition coefficient (Wildman–Crippen LogP) is -1.68. The number of hydrogen-bond donors (Lipinski definition) is 1. The molecule has 26 heavy (non-hydrogen) atoms. The molecule has 7 nitrogen and oxygen atoms in total. The summed E-state index contributed by atoms with van der Waals surface area (Å²) in [6.45, 7) is 6.75. The molecule has 2 rings (SSSR count). The van der Waals surface area contributed by atoms with Crippen molar-refractivity contribution >= 4 is 15.7 Å². The van der Waals surface area contributed by atoms with Crippen molar-refractivity contribution in [2.45, 2.75) is 13.3 Å². The number of quaternary nitrogens is 1. The molecule has 0 atom stereocenters. The summed E-state index contributed by atoms with van der Waals surface area (Å²) in [5.41, 5.74) is 1.08. The van der Waals surface area contributed by atoms with Gasteiger partial charge in [-0.3, -0.25) is 10.1 Å². The SMILES string of the molecule is COc1cc(N(O)S(=O)(=O)CCC[N+]2(C)CCN(C)CC2)ccc1C.[Cl-]. The van der Waals surface area contributed by atoms with Crippen molar-refractivity contribution in [2.75, 3.05) is 64.2 Å². The van der Waals surface area contributed by atoms with E-state index in [0.29, 0.717) is 16.6 Å². The molecule has 1 aromatic carbocycles. The molecule has 0 aromatic heterocycles. The van der Waals surface area contributed by atoms with Crippen molar-refractivity contribution in [3.63, 3.8) is 0 Å². The number of piperazine rings is 1. The van der Waals surface area contributed by atoms with Crippen molar-refractivity contribution in [1.29, 1.82) is 0 Å². The van der Waals surface area contributed by atoms with Gasteiger partial charge >= 0.3 is 0 Å². The van der Waals surface area contributed by atoms with Crippen molar-refractivity contribution in [2.24, 2.45) is 0 Å². The largest absolute Gasteiger partial charge is 1.00 e. The average Bonchev–Trinajstić information content (AvgIpc) is 2.57. The second-order valence-corrected chi connectivity index (χ2v) is 9.08. The van der Waals surface area contributed by atoms with E-state index in [4.69, 9.17) is 4.74 Å². The summed E-state index contributed by atoms with van der Waals surface area (Å²) in [4.78, 5) is 2.29. The molecule has 150 valence electrons. The van der Waals surface area contributed by atoms with Gasteiger partial charge in [0.25, 0.3) is 10.0 Å². The topological polar surface area (TPSA) is 70.1 Å². The van der Waals surface area contributed by atoms with Gasteiger partial charge < -0.3 is 21.6 Å². The Hall–Kier alpha value is -1.06. The van der Waals surface area contributed by atoms with Gasteiger partial charge in [0.05, 0.1) is 45.2 Å². The molecular weight excluding hydrogens is 378 g/mol. The monoisotopic (exact) mass is 407 g/mol. The zero-order chi connectivity index (χ0) is 18.7. The van der Waals surface area contributed by atoms with Crippen LogP contribution in [0.5, 0.6) is 5.75 Å². The van der Waals surface area contributed by atoms with Crippen LogP contribution >= 0.6 is 0 Å². The van der Waals surface area contributed by atoms with E-state index in [0.717, 1.165) is 42.8 Å². The lowest BCUT2D eigenvalue weighted by atomic mass is 10.2. The van der Waals surface area contributed by atoms with Gasteiger partial charge in [0.15, 0.2) is 0 Å². The number of halogens is 1. The van der Waals surface area contributed by atoms with Gasteiger partial charge in [0.2, 0.25) is 0 Å². The number of hydrogen-bond acceptors (Lipinski definition) is 5. The number of nitrogens with zero attached hydrogens (tertiary/aromatic N) is 3. The van der Waals surface area contributed by atoms with E-state index in [1.54, 1.807) is 12.1 Å². The molecule has 1 aliphatic rings. The van der Waals surface area contributed by atoms with E-state index < -0.39 is 10.0 Å². The molecule has 1 heterocycles. The minimum absolute atomic E-state index is 0. The second-order valence-electron chi connectivity index (χ2n) is 7.16. The number of aryl methyl sites for hydroxylation is 1. The van der Waals surface area contributed by atoms with Crippen molar-refractivity contribution < 1.29 is 35.3 Å². The smallest absolute Gasteiger partial charge is 0.257 e. The molecule has 0 amide bonds. The third-order valence-corrected chi connectivity index (χ3v) is 6.56. The number of sulfonamides is 1. The Morgan fingerprint density at radius 1 is 1.31 bits per heavy atom. The van der Waals surface area contributed by atoms with E-state index in [9.17, 15) is 13.6 Å². The standard InChI is InChI=1S/C17H30N3O4S.ClH/c1-15-6-7-16(14-17(15)24-4)19(21)25(22,23)13-5-10-20(3)11-8-18(2)9-12-20;/h6-7,14,21H,5,8-13H2,1-4H3;1H/q+1;/p-1. The van der Waals surface area contributed by atoms with Crippen LogP contribution in [0, 0.1) is 6.92 Å². The third-order valence-electron chi connectivity index (χ3n) is 5.02. The highest BCUT2D eigenvalue weighted by atomic mass is 35.5. The van der Waals surface area contributed by atoms with Gasteiger partial charge in [-0.15, -0.1) is 4.47 Å². The maximum absolute atomic E-state index is 12.4. The van der Waals surface area contributed by atoms with Gasteiger partial charge in [-0.25, -0.2) is 8.42 Å². The summed E-state index contributed by atoms with van der Waals surface area (Å²) < 4.78 is 31.3. The normalized spacial score (nSPS) is 17.4. The molecule has 1 aliphatic heterocycles. The third kappa shape index (κ3) is 5.72. The number of methoxy groups -OCH3 is 1. The molecule has 0 aliphatic carbocycles. The van der Waals surface area contributed by atoms with Crippen molar-refractivity contribution in [3.05, 3.63) is 23.8 Å². The Kier molecular flexibility index (Phi) is 8.16. The minimum Gasteiger partial charge on any atom is -1.00 e. The van der Waals surface area contributed by atoms with E-state index in [1.165, 1.54) is 13.2 Å². The van der Waals surface area contributed by atoms with Crippen LogP contribution in [0.25, 0.3) is 0 Å². The summed E-state index contributed by atoms with van der Waals surface area (Å²) in [7, 11) is 2.01. The summed E-state index contributed by atoms with van der Waals surface area (Å²) in [6.07, 6.45) is 0.516. The van der Waals surface area contributed by atoms with E-state index in [-0.39, 0.29) is 23.8 Å². The minimum atomic E-state index is -3.78. The molecule has 0 spiro atoms. The van der Waals surface area contributed by atoms with E-state index in [2.05, 4.69) is 19.0 Å². The fourth-order valence-electron chi connectivity index (χ4n) is 3.07. The van der Waals surface area contributed by atoms with Crippen molar-refractivity contribution in [3.8, 4) is 5.75 Å². The van der Waals surface area contributed by atoms with Gasteiger partial charge in [-0.1, -0.05) is 6.07 Å². The quantitative estimate of drug-likeness (QED) is 0.431. The van der Waals surface area contributed by atoms with Crippen LogP contribution in [0.4, 0.5) is 5.69 Å². The lowest BCUT2D eigenvalue weighted by Crippen LogP contribution is -3.00. The van der Waals surface area contributed by atoms with Crippen LogP contribution in [0.3, 0.4) is 0 Å². The zero-order valence-electron chi connectivity index (χ0n) is 16.0. The highest BCUT2D eigenvalue weighted by Crippen LogP contribution is 2.26. The van der Waals surface area contributed by atoms with Crippen LogP contribution in [0.15, 0.2) is 18.2 Å². The molecule has 0 saturated carbocycles. The molecule has 1 fully saturated rings. The molecule has 0 unspecified atom stereocenters. The first kappa shape index (κ1) is 23.0. The van der Waals surface area contributed by atoms with Crippen molar-refractivity contribution in [1.82, 2.24) is 4.90 Å². The Bertz CT molecular complexity index is 691. The Balaban J connectivity index is 0.00000338. The Morgan fingerprint density at radius 3 is 2.50 bits per heavy atom. The maximum Gasteiger partial charge on any atom is 0.257 e. The first-order chi connectivity index (χ1) is 11.7. The van der Waals surface area contributed by atoms with Gasteiger partial charge in [-0.05, 0) is 25.6 Å². The molecule has 0 radical (unpaired) electrons. The fraction of sp³-hybridized carbons (Fsp3) is 0.647. The zero-order valence-corrected chi connectivity index (χ0v) is 17.6. The Labute approximate surface area is 163 Å². The summed E-state index contributed by atoms with van der Waals surface area (Å²) in [5.74, 6) is 0.464. The Morgan fingerprint density at radius 2 is 1.92 bits per heavy atom. The van der Waals surface area contributed by atoms with Crippen LogP contribution in [0.2, 0.25) is 0 Å². The summed E-state index contributed by atoms with van der Waals surface area (Å²) in [6, 6.07) is 4.83. The molecular formula is C17H30ClN3O4S. The summed E-state index contributed by atoms with van der Waals surface area (Å²) >= 11 is 0. The fourth-order valence-corrected chi connectivity index (χ4v) is 4.18. The van der Waals surface area contributed by atoms with Crippen LogP contribution in [-0.2, 0) is 10.0 Å². The number of likely N-dealkylation sites (N-methyl/N-ethyl adjacent to an activating group) is 2. The highest BCUT2D eigenvalue weighted by molar-refractivity contribution is 7.92. The number of benzene rings is 1. The van der Waals surface area contributed by atoms with Crippen LogP contribution < -0.4 is 21.6 Å². The molecule has 9 heteroatoms. The molecule has 1 aromatic rings. The summed E-state index contributed by atoms with van der Waals surface area (Å²) in [5, 5.41) is 10.2. The second kappa shape index (κ2) is 9.23. The first-order valence-electron chi connectivity index (χ1n) is 8.55. The van der Waals surface area contributed by atoms with E-state index in [1.807, 2.05) is 6.92 Å². The average molecular weight is 408 g/mol. The lowest BCUT2D eigenvalue weighted by molar-refractivity contribution is -0.913. The highest BCUT2D eigenvalue weighted by Gasteiger charge is 2.28. The molecule has 0 bridgehead atoms. The van der Waals surface area contributed by atoms with Crippen LogP contribution in [0.1, 0.15) is 12.0 Å². The van der Waals surface area contributed by atoms with E-state index >= 15 is 0 Å². The first-order valence-corrected chi connectivity index (χ1v) is 10.2. The number of ether oxygens (including phenoxy) is 1. The van der Waals surface area contributed by atoms with Gasteiger partial charge in [-0.2, -0.15) is 0 Å². The van der Waals surface area contributed by atoms with Gasteiger partial charge in [0.1, 0.15) is 5.75 Å². The number of rotatable bonds is 7. The van der Waals surface area contributed by atoms with Crippen LogP contribution in [-0.4, -0.2) is 82.7 Å².